The number of aliphatic hydroxyl groups excluding tert-OH is 3. The normalized spacial score (nSPS) is 11.8. The van der Waals surface area contributed by atoms with E-state index >= 15 is 0 Å². The van der Waals surface area contributed by atoms with Crippen molar-refractivity contribution < 1.29 is 35.1 Å². The number of carbonyl (C=O) groups is 2. The molecule has 0 spiro atoms. The number of rotatable bonds is 9. The summed E-state index contributed by atoms with van der Waals surface area (Å²) in [6.45, 7) is -2.22. The van der Waals surface area contributed by atoms with Gasteiger partial charge in [0.1, 0.15) is 0 Å². The van der Waals surface area contributed by atoms with Gasteiger partial charge >= 0.3 is 11.9 Å². The average molecular weight is 252 g/mol. The highest BCUT2D eigenvalue weighted by Crippen LogP contribution is 2.20. The van der Waals surface area contributed by atoms with Crippen molar-refractivity contribution >= 4 is 11.9 Å². The van der Waals surface area contributed by atoms with Crippen LogP contribution in [0.25, 0.3) is 0 Å². The average Bonchev–Trinajstić information content (AvgIpc) is 2.17. The van der Waals surface area contributed by atoms with E-state index in [4.69, 9.17) is 25.5 Å². The Balaban J connectivity index is 5.18. The van der Waals surface area contributed by atoms with Gasteiger partial charge in [0.15, 0.2) is 0 Å². The third-order valence-electron chi connectivity index (χ3n) is 2.24. The maximum absolute atomic E-state index is 10.7. The smallest absolute Gasteiger partial charge is 0.306 e. The Morgan fingerprint density at radius 3 is 1.65 bits per heavy atom. The van der Waals surface area contributed by atoms with Crippen molar-refractivity contribution in [3.8, 4) is 0 Å². The van der Waals surface area contributed by atoms with E-state index in [1.807, 2.05) is 0 Å². The van der Waals surface area contributed by atoms with Crippen molar-refractivity contribution in [1.82, 2.24) is 10.2 Å². The summed E-state index contributed by atoms with van der Waals surface area (Å²) in [5.41, 5.74) is -1.75. The standard InChI is InChI=1S/C8H16N2O7/c11-3-9-8(1-6(14)15,2-7(16)17)10(4-12)5-13/h9,11-13H,1-5H2,(H,14,15)(H,16,17). The van der Waals surface area contributed by atoms with Crippen molar-refractivity contribution in [2.45, 2.75) is 18.5 Å². The first-order valence-corrected chi connectivity index (χ1v) is 4.68. The van der Waals surface area contributed by atoms with Crippen LogP contribution in [0.1, 0.15) is 12.8 Å². The molecule has 0 radical (unpaired) electrons. The second-order valence-electron chi connectivity index (χ2n) is 3.33. The van der Waals surface area contributed by atoms with Crippen LogP contribution in [0.3, 0.4) is 0 Å². The molecule has 17 heavy (non-hydrogen) atoms. The molecule has 6 N–H and O–H groups in total. The fraction of sp³-hybridized carbons (Fsp3) is 0.750. The molecule has 0 saturated heterocycles. The number of carboxylic acids is 2. The van der Waals surface area contributed by atoms with Crippen LogP contribution in [-0.2, 0) is 9.59 Å². The highest BCUT2D eigenvalue weighted by Gasteiger charge is 2.40. The molecule has 0 heterocycles. The number of aliphatic hydroxyl groups is 3. The minimum atomic E-state index is -1.75. The Morgan fingerprint density at radius 1 is 1.00 bits per heavy atom. The predicted molar refractivity (Wildman–Crippen MR) is 53.5 cm³/mol. The van der Waals surface area contributed by atoms with Crippen molar-refractivity contribution in [2.24, 2.45) is 0 Å². The van der Waals surface area contributed by atoms with Gasteiger partial charge in [-0.25, -0.2) is 4.90 Å². The van der Waals surface area contributed by atoms with Crippen molar-refractivity contribution in [1.29, 1.82) is 0 Å². The minimum Gasteiger partial charge on any atom is -0.481 e. The molecule has 0 aromatic carbocycles. The molecule has 0 aromatic heterocycles. The number of hydrogen-bond donors (Lipinski definition) is 6. The van der Waals surface area contributed by atoms with Crippen LogP contribution in [0.4, 0.5) is 0 Å². The lowest BCUT2D eigenvalue weighted by Crippen LogP contribution is -2.61. The maximum Gasteiger partial charge on any atom is 0.306 e. The molecule has 0 aliphatic heterocycles. The quantitative estimate of drug-likeness (QED) is 0.242. The van der Waals surface area contributed by atoms with Crippen molar-refractivity contribution in [3.63, 3.8) is 0 Å². The lowest BCUT2D eigenvalue weighted by molar-refractivity contribution is -0.153. The summed E-state index contributed by atoms with van der Waals surface area (Å²) in [6, 6.07) is 0. The monoisotopic (exact) mass is 252 g/mol. The van der Waals surface area contributed by atoms with Crippen molar-refractivity contribution in [3.05, 3.63) is 0 Å². The molecule has 0 aromatic rings. The van der Waals surface area contributed by atoms with Gasteiger partial charge in [-0.15, -0.1) is 0 Å². The van der Waals surface area contributed by atoms with E-state index in [0.29, 0.717) is 0 Å². The third-order valence-corrected chi connectivity index (χ3v) is 2.24. The molecule has 0 fully saturated rings. The SMILES string of the molecule is O=C(O)CC(CC(=O)O)(NCO)N(CO)CO. The zero-order chi connectivity index (χ0) is 13.5. The van der Waals surface area contributed by atoms with E-state index in [-0.39, 0.29) is 0 Å². The lowest BCUT2D eigenvalue weighted by atomic mass is 10.00. The van der Waals surface area contributed by atoms with E-state index in [2.05, 4.69) is 5.32 Å². The summed E-state index contributed by atoms with van der Waals surface area (Å²) in [4.78, 5) is 22.2. The zero-order valence-electron chi connectivity index (χ0n) is 9.04. The van der Waals surface area contributed by atoms with Gasteiger partial charge in [-0.2, -0.15) is 0 Å². The molecule has 0 bridgehead atoms. The Kier molecular flexibility index (Phi) is 6.61. The number of nitrogens with zero attached hydrogens (tertiary/aromatic N) is 1. The van der Waals surface area contributed by atoms with Gasteiger partial charge in [0.2, 0.25) is 0 Å². The molecule has 0 atom stereocenters. The first-order chi connectivity index (χ1) is 7.91. The van der Waals surface area contributed by atoms with E-state index in [0.717, 1.165) is 4.90 Å². The number of hydrogen-bond acceptors (Lipinski definition) is 7. The van der Waals surface area contributed by atoms with Gasteiger partial charge in [-0.1, -0.05) is 0 Å². The largest absolute Gasteiger partial charge is 0.481 e. The zero-order valence-corrected chi connectivity index (χ0v) is 9.04. The van der Waals surface area contributed by atoms with Crippen LogP contribution in [-0.4, -0.2) is 68.2 Å². The van der Waals surface area contributed by atoms with Crippen molar-refractivity contribution in [2.75, 3.05) is 20.2 Å². The van der Waals surface area contributed by atoms with Gasteiger partial charge in [-0.05, 0) is 0 Å². The second kappa shape index (κ2) is 7.14. The van der Waals surface area contributed by atoms with Crippen LogP contribution in [0.15, 0.2) is 0 Å². The van der Waals surface area contributed by atoms with Crippen LogP contribution < -0.4 is 5.32 Å². The van der Waals surface area contributed by atoms with E-state index in [9.17, 15) is 9.59 Å². The van der Waals surface area contributed by atoms with Crippen LogP contribution in [0.5, 0.6) is 0 Å². The molecule has 0 saturated carbocycles. The molecule has 0 amide bonds. The summed E-state index contributed by atoms with van der Waals surface area (Å²) >= 11 is 0. The van der Waals surface area contributed by atoms with E-state index in [1.54, 1.807) is 0 Å². The summed E-state index contributed by atoms with van der Waals surface area (Å²) in [5.74, 6) is -2.67. The Morgan fingerprint density at radius 2 is 1.41 bits per heavy atom. The summed E-state index contributed by atoms with van der Waals surface area (Å²) in [6.07, 6.45) is -1.41. The van der Waals surface area contributed by atoms with Crippen LogP contribution >= 0.6 is 0 Å². The molecular formula is C8H16N2O7. The minimum absolute atomic E-state index is 0.697. The molecule has 0 aliphatic rings. The molecule has 9 heteroatoms. The fourth-order valence-electron chi connectivity index (χ4n) is 1.49. The lowest BCUT2D eigenvalue weighted by Gasteiger charge is -2.40. The third kappa shape index (κ3) is 4.63. The Bertz CT molecular complexity index is 251. The van der Waals surface area contributed by atoms with Crippen LogP contribution in [0.2, 0.25) is 0 Å². The maximum atomic E-state index is 10.7. The topological polar surface area (TPSA) is 151 Å². The number of carboxylic acid groups (broad SMARTS) is 2. The first kappa shape index (κ1) is 15.7. The van der Waals surface area contributed by atoms with Crippen LogP contribution in [0, 0.1) is 0 Å². The molecule has 0 unspecified atom stereocenters. The molecule has 0 rings (SSSR count). The second-order valence-corrected chi connectivity index (χ2v) is 3.33. The molecule has 100 valence electrons. The number of aliphatic carboxylic acids is 2. The highest BCUT2D eigenvalue weighted by molar-refractivity contribution is 5.72. The van der Waals surface area contributed by atoms with Gasteiger partial charge < -0.3 is 25.5 Å². The Labute approximate surface area is 96.9 Å². The fourth-order valence-corrected chi connectivity index (χ4v) is 1.49. The predicted octanol–water partition coefficient (Wildman–Crippen LogP) is -2.63. The highest BCUT2D eigenvalue weighted by atomic mass is 16.4. The molecule has 0 aliphatic carbocycles. The molecule has 9 nitrogen and oxygen atoms in total. The first-order valence-electron chi connectivity index (χ1n) is 4.68. The van der Waals surface area contributed by atoms with Gasteiger partial charge in [0, 0.05) is 0 Å². The molecular weight excluding hydrogens is 236 g/mol. The van der Waals surface area contributed by atoms with Gasteiger partial charge in [0.05, 0.1) is 38.7 Å². The van der Waals surface area contributed by atoms with Gasteiger partial charge in [-0.3, -0.25) is 14.9 Å². The van der Waals surface area contributed by atoms with Gasteiger partial charge in [0.25, 0.3) is 0 Å². The van der Waals surface area contributed by atoms with E-state index in [1.165, 1.54) is 0 Å². The Hall–Kier alpha value is -1.26. The van der Waals surface area contributed by atoms with E-state index < -0.39 is 50.6 Å². The summed E-state index contributed by atoms with van der Waals surface area (Å²) in [7, 11) is 0. The number of nitrogens with one attached hydrogen (secondary N) is 1. The summed E-state index contributed by atoms with van der Waals surface area (Å²) in [5, 5.41) is 46.4. The summed E-state index contributed by atoms with van der Waals surface area (Å²) < 4.78 is 0.